The topological polar surface area (TPSA) is 95.9 Å². The van der Waals surface area contributed by atoms with Gasteiger partial charge in [0.25, 0.3) is 0 Å². The van der Waals surface area contributed by atoms with Crippen molar-refractivity contribution in [1.82, 2.24) is 5.32 Å². The molecule has 1 amide bonds. The van der Waals surface area contributed by atoms with Gasteiger partial charge in [0.2, 0.25) is 5.91 Å². The van der Waals surface area contributed by atoms with Crippen LogP contribution >= 0.6 is 0 Å². The zero-order valence-electron chi connectivity index (χ0n) is 36.4. The largest absolute Gasteiger partial charge is 0.466 e. The molecular formula is C49H91NO5. The van der Waals surface area contributed by atoms with Gasteiger partial charge in [-0.1, -0.05) is 172 Å². The Morgan fingerprint density at radius 3 is 1.33 bits per heavy atom. The first-order chi connectivity index (χ1) is 27.0. The van der Waals surface area contributed by atoms with Gasteiger partial charge in [0.1, 0.15) is 0 Å². The van der Waals surface area contributed by atoms with E-state index in [4.69, 9.17) is 4.74 Å². The van der Waals surface area contributed by atoms with Crippen LogP contribution in [0.3, 0.4) is 0 Å². The van der Waals surface area contributed by atoms with Crippen molar-refractivity contribution in [3.63, 3.8) is 0 Å². The van der Waals surface area contributed by atoms with Crippen LogP contribution in [-0.4, -0.2) is 47.4 Å². The molecule has 0 aromatic carbocycles. The molecule has 2 unspecified atom stereocenters. The second kappa shape index (κ2) is 44.8. The van der Waals surface area contributed by atoms with Gasteiger partial charge in [-0.15, -0.1) is 0 Å². The lowest BCUT2D eigenvalue weighted by Crippen LogP contribution is -2.45. The Hall–Kier alpha value is -1.92. The van der Waals surface area contributed by atoms with E-state index in [9.17, 15) is 19.8 Å². The van der Waals surface area contributed by atoms with Gasteiger partial charge in [-0.05, 0) is 89.9 Å². The number of esters is 1. The molecule has 3 N–H and O–H groups in total. The summed E-state index contributed by atoms with van der Waals surface area (Å²) < 4.78 is 5.42. The van der Waals surface area contributed by atoms with Crippen LogP contribution in [0.25, 0.3) is 0 Å². The molecule has 6 heteroatoms. The third kappa shape index (κ3) is 41.5. The van der Waals surface area contributed by atoms with Crippen LogP contribution < -0.4 is 5.32 Å². The predicted molar refractivity (Wildman–Crippen MR) is 236 cm³/mol. The average Bonchev–Trinajstić information content (AvgIpc) is 3.18. The number of amides is 1. The highest BCUT2D eigenvalue weighted by atomic mass is 16.5. The van der Waals surface area contributed by atoms with Gasteiger partial charge in [-0.3, -0.25) is 9.59 Å². The first-order valence-electron chi connectivity index (χ1n) is 23.8. The Balaban J connectivity index is 3.57. The van der Waals surface area contributed by atoms with Crippen molar-refractivity contribution in [2.24, 2.45) is 0 Å². The second-order valence-corrected chi connectivity index (χ2v) is 16.1. The molecule has 0 heterocycles. The number of hydrogen-bond acceptors (Lipinski definition) is 5. The van der Waals surface area contributed by atoms with Gasteiger partial charge < -0.3 is 20.3 Å². The minimum Gasteiger partial charge on any atom is -0.466 e. The summed E-state index contributed by atoms with van der Waals surface area (Å²) in [6, 6.07) is -0.646. The summed E-state index contributed by atoms with van der Waals surface area (Å²) in [5, 5.41) is 23.0. The highest BCUT2D eigenvalue weighted by molar-refractivity contribution is 5.76. The van der Waals surface area contributed by atoms with Gasteiger partial charge in [0.05, 0.1) is 25.4 Å². The van der Waals surface area contributed by atoms with E-state index in [1.54, 1.807) is 6.08 Å². The van der Waals surface area contributed by atoms with Crippen LogP contribution in [0.5, 0.6) is 0 Å². The molecule has 0 aliphatic carbocycles. The summed E-state index contributed by atoms with van der Waals surface area (Å²) in [5.41, 5.74) is 0. The summed E-state index contributed by atoms with van der Waals surface area (Å²) in [7, 11) is 0. The molecule has 2 atom stereocenters. The van der Waals surface area contributed by atoms with Gasteiger partial charge in [-0.2, -0.15) is 0 Å². The highest BCUT2D eigenvalue weighted by Gasteiger charge is 2.18. The van der Waals surface area contributed by atoms with Gasteiger partial charge in [0, 0.05) is 12.8 Å². The first-order valence-corrected chi connectivity index (χ1v) is 23.8. The third-order valence-corrected chi connectivity index (χ3v) is 10.6. The standard InChI is InChI=1S/C49H91NO5/c1-3-5-7-9-11-13-15-17-18-21-25-29-33-37-41-47(52)46(45-51)50-48(53)42-38-34-30-26-22-19-20-24-28-32-36-40-44-55-49(54)43-39-35-31-27-23-16-14-12-10-8-6-4-2/h12,14,20,24,37,41,46-47,51-52H,3-11,13,15-19,21-23,25-36,38-40,42-45H2,1-2H3,(H,50,53)/b14-12-,24-20-,41-37+. The van der Waals surface area contributed by atoms with Crippen molar-refractivity contribution >= 4 is 11.9 Å². The number of carbonyl (C=O) groups is 2. The van der Waals surface area contributed by atoms with Crippen molar-refractivity contribution in [1.29, 1.82) is 0 Å². The van der Waals surface area contributed by atoms with Crippen molar-refractivity contribution in [2.75, 3.05) is 13.2 Å². The van der Waals surface area contributed by atoms with Gasteiger partial charge >= 0.3 is 5.97 Å². The van der Waals surface area contributed by atoms with Crippen LogP contribution in [0.1, 0.15) is 239 Å². The molecule has 0 aliphatic heterocycles. The number of allylic oxidation sites excluding steroid dienone is 5. The molecule has 322 valence electrons. The normalized spacial score (nSPS) is 13.0. The molecule has 0 saturated carbocycles. The van der Waals surface area contributed by atoms with E-state index in [1.165, 1.54) is 128 Å². The van der Waals surface area contributed by atoms with E-state index >= 15 is 0 Å². The molecule has 0 aliphatic rings. The Morgan fingerprint density at radius 1 is 0.491 bits per heavy atom. The molecular weight excluding hydrogens is 683 g/mol. The fourth-order valence-electron chi connectivity index (χ4n) is 6.91. The fourth-order valence-corrected chi connectivity index (χ4v) is 6.91. The maximum atomic E-state index is 12.4. The summed E-state index contributed by atoms with van der Waals surface area (Å²) in [6.07, 6.45) is 52.7. The van der Waals surface area contributed by atoms with Gasteiger partial charge in [0.15, 0.2) is 0 Å². The molecule has 0 radical (unpaired) electrons. The quantitative estimate of drug-likeness (QED) is 0.0326. The number of hydrogen-bond donors (Lipinski definition) is 3. The molecule has 0 aromatic heterocycles. The minimum absolute atomic E-state index is 0.0354. The van der Waals surface area contributed by atoms with Crippen molar-refractivity contribution in [3.05, 3.63) is 36.5 Å². The van der Waals surface area contributed by atoms with E-state index in [1.807, 2.05) is 6.08 Å². The average molecular weight is 774 g/mol. The summed E-state index contributed by atoms with van der Waals surface area (Å²) in [5.74, 6) is -0.131. The third-order valence-electron chi connectivity index (χ3n) is 10.6. The molecule has 0 aromatic rings. The SMILES string of the molecule is CCCCC/C=C\CCCCCCCC(=O)OCCCCC/C=C\CCCCCCCC(=O)NC(CO)C(O)/C=C/CCCCCCCCCCCCCC. The smallest absolute Gasteiger partial charge is 0.305 e. The van der Waals surface area contributed by atoms with Crippen LogP contribution in [0.2, 0.25) is 0 Å². The maximum Gasteiger partial charge on any atom is 0.305 e. The van der Waals surface area contributed by atoms with E-state index in [-0.39, 0.29) is 18.5 Å². The molecule has 0 bridgehead atoms. The lowest BCUT2D eigenvalue weighted by Gasteiger charge is -2.20. The molecule has 6 nitrogen and oxygen atoms in total. The summed E-state index contributed by atoms with van der Waals surface area (Å²) in [6.45, 7) is 4.80. The fraction of sp³-hybridized carbons (Fsp3) is 0.837. The summed E-state index contributed by atoms with van der Waals surface area (Å²) in [4.78, 5) is 24.4. The maximum absolute atomic E-state index is 12.4. The number of carbonyl (C=O) groups excluding carboxylic acids is 2. The molecule has 0 spiro atoms. The van der Waals surface area contributed by atoms with Crippen LogP contribution in [0, 0.1) is 0 Å². The van der Waals surface area contributed by atoms with Crippen molar-refractivity contribution in [3.8, 4) is 0 Å². The number of aliphatic hydroxyl groups excluding tert-OH is 2. The van der Waals surface area contributed by atoms with Crippen molar-refractivity contribution < 1.29 is 24.5 Å². The zero-order valence-corrected chi connectivity index (χ0v) is 36.4. The molecule has 55 heavy (non-hydrogen) atoms. The molecule has 0 rings (SSSR count). The predicted octanol–water partition coefficient (Wildman–Crippen LogP) is 13.7. The molecule has 0 saturated heterocycles. The number of rotatable bonds is 43. The monoisotopic (exact) mass is 774 g/mol. The number of aliphatic hydroxyl groups is 2. The van der Waals surface area contributed by atoms with Crippen LogP contribution in [0.15, 0.2) is 36.5 Å². The van der Waals surface area contributed by atoms with Crippen molar-refractivity contribution in [2.45, 2.75) is 251 Å². The lowest BCUT2D eigenvalue weighted by molar-refractivity contribution is -0.143. The van der Waals surface area contributed by atoms with E-state index < -0.39 is 12.1 Å². The lowest BCUT2D eigenvalue weighted by atomic mass is 10.0. The first kappa shape index (κ1) is 53.1. The molecule has 0 fully saturated rings. The Labute approximate surface area is 341 Å². The highest BCUT2D eigenvalue weighted by Crippen LogP contribution is 2.14. The number of unbranched alkanes of at least 4 members (excludes halogenated alkanes) is 28. The van der Waals surface area contributed by atoms with E-state index in [2.05, 4.69) is 43.5 Å². The number of nitrogens with one attached hydrogen (secondary N) is 1. The number of ether oxygens (including phenoxy) is 1. The van der Waals surface area contributed by atoms with E-state index in [0.717, 1.165) is 83.5 Å². The Kier molecular flexibility index (Phi) is 43.2. The van der Waals surface area contributed by atoms with E-state index in [0.29, 0.717) is 19.4 Å². The van der Waals surface area contributed by atoms with Crippen LogP contribution in [0.4, 0.5) is 0 Å². The Bertz CT molecular complexity index is 900. The zero-order chi connectivity index (χ0) is 40.1. The Morgan fingerprint density at radius 2 is 0.855 bits per heavy atom. The van der Waals surface area contributed by atoms with Crippen LogP contribution in [-0.2, 0) is 14.3 Å². The second-order valence-electron chi connectivity index (χ2n) is 16.1. The summed E-state index contributed by atoms with van der Waals surface area (Å²) >= 11 is 0. The minimum atomic E-state index is -0.860. The van der Waals surface area contributed by atoms with Gasteiger partial charge in [-0.25, -0.2) is 0 Å².